The zero-order valence-electron chi connectivity index (χ0n) is 11.9. The quantitative estimate of drug-likeness (QED) is 0.538. The van der Waals surface area contributed by atoms with E-state index < -0.39 is 5.97 Å². The lowest BCUT2D eigenvalue weighted by Crippen LogP contribution is -2.05. The Morgan fingerprint density at radius 2 is 1.64 bits per heavy atom. The molecule has 0 aliphatic rings. The van der Waals surface area contributed by atoms with Crippen LogP contribution in [0.5, 0.6) is 0 Å². The lowest BCUT2D eigenvalue weighted by molar-refractivity contribution is 0.0472. The number of fused-ring (bicyclic) bond motifs is 1. The van der Waals surface area contributed by atoms with Crippen LogP contribution in [0.3, 0.4) is 0 Å². The summed E-state index contributed by atoms with van der Waals surface area (Å²) in [7, 11) is 0. The molecule has 3 heteroatoms. The highest BCUT2D eigenvalue weighted by molar-refractivity contribution is 5.90. The van der Waals surface area contributed by atoms with E-state index >= 15 is 0 Å². The van der Waals surface area contributed by atoms with Crippen molar-refractivity contribution in [2.45, 2.75) is 6.61 Å². The summed E-state index contributed by atoms with van der Waals surface area (Å²) in [6, 6.07) is 20.4. The van der Waals surface area contributed by atoms with Crippen molar-refractivity contribution < 1.29 is 14.3 Å². The fraction of sp³-hybridized carbons (Fsp3) is 0.0526. The zero-order valence-corrected chi connectivity index (χ0v) is 11.9. The molecule has 0 saturated carbocycles. The van der Waals surface area contributed by atoms with Crippen LogP contribution in [0.4, 0.5) is 0 Å². The molecule has 0 aromatic heterocycles. The summed E-state index contributed by atoms with van der Waals surface area (Å²) in [4.78, 5) is 22.6. The van der Waals surface area contributed by atoms with E-state index in [0.717, 1.165) is 22.6 Å². The van der Waals surface area contributed by atoms with Crippen molar-refractivity contribution in [1.82, 2.24) is 0 Å². The lowest BCUT2D eigenvalue weighted by Gasteiger charge is -2.06. The number of ether oxygens (including phenoxy) is 1. The van der Waals surface area contributed by atoms with Crippen molar-refractivity contribution in [2.75, 3.05) is 0 Å². The number of carbonyl (C=O) groups excluding carboxylic acids is 2. The Morgan fingerprint density at radius 3 is 2.36 bits per heavy atom. The van der Waals surface area contributed by atoms with Gasteiger partial charge < -0.3 is 4.74 Å². The molecule has 3 aromatic carbocycles. The third-order valence-corrected chi connectivity index (χ3v) is 3.47. The Balaban J connectivity index is 1.69. The van der Waals surface area contributed by atoms with Gasteiger partial charge in [-0.2, -0.15) is 0 Å². The number of hydrogen-bond donors (Lipinski definition) is 0. The molecule has 0 heterocycles. The average Bonchev–Trinajstić information content (AvgIpc) is 2.59. The molecule has 0 unspecified atom stereocenters. The molecule has 0 aliphatic heterocycles. The minimum Gasteiger partial charge on any atom is -0.457 e. The van der Waals surface area contributed by atoms with E-state index in [-0.39, 0.29) is 6.61 Å². The maximum absolute atomic E-state index is 12.0. The van der Waals surface area contributed by atoms with E-state index in [2.05, 4.69) is 0 Å². The Morgan fingerprint density at radius 1 is 0.909 bits per heavy atom. The van der Waals surface area contributed by atoms with Gasteiger partial charge in [0, 0.05) is 5.56 Å². The number of hydrogen-bond acceptors (Lipinski definition) is 3. The van der Waals surface area contributed by atoms with E-state index in [1.807, 2.05) is 42.5 Å². The van der Waals surface area contributed by atoms with Gasteiger partial charge in [-0.1, -0.05) is 48.5 Å². The van der Waals surface area contributed by atoms with Crippen LogP contribution >= 0.6 is 0 Å². The molecule has 0 fully saturated rings. The molecular weight excluding hydrogens is 276 g/mol. The van der Waals surface area contributed by atoms with Gasteiger partial charge >= 0.3 is 5.97 Å². The maximum atomic E-state index is 12.0. The molecule has 3 aromatic rings. The molecule has 108 valence electrons. The van der Waals surface area contributed by atoms with Gasteiger partial charge in [-0.25, -0.2) is 4.79 Å². The first-order valence-electron chi connectivity index (χ1n) is 6.96. The lowest BCUT2D eigenvalue weighted by atomic mass is 10.1. The molecule has 22 heavy (non-hydrogen) atoms. The second-order valence-electron chi connectivity index (χ2n) is 5.00. The molecule has 0 bridgehead atoms. The molecular formula is C19H14O3. The van der Waals surface area contributed by atoms with E-state index in [1.165, 1.54) is 0 Å². The third kappa shape index (κ3) is 3.04. The Labute approximate surface area is 128 Å². The minimum atomic E-state index is -0.398. The van der Waals surface area contributed by atoms with Crippen molar-refractivity contribution in [3.05, 3.63) is 83.4 Å². The van der Waals surface area contributed by atoms with Crippen LogP contribution in [0.25, 0.3) is 10.8 Å². The summed E-state index contributed by atoms with van der Waals surface area (Å²) < 4.78 is 5.31. The van der Waals surface area contributed by atoms with Gasteiger partial charge in [0.1, 0.15) is 12.9 Å². The number of aldehydes is 1. The van der Waals surface area contributed by atoms with Crippen molar-refractivity contribution in [1.29, 1.82) is 0 Å². The van der Waals surface area contributed by atoms with Crippen LogP contribution in [-0.4, -0.2) is 12.3 Å². The van der Waals surface area contributed by atoms with Crippen molar-refractivity contribution >= 4 is 23.0 Å². The van der Waals surface area contributed by atoms with Gasteiger partial charge in [0.05, 0.1) is 5.56 Å². The predicted octanol–water partition coefficient (Wildman–Crippen LogP) is 4.01. The minimum absolute atomic E-state index is 0.221. The van der Waals surface area contributed by atoms with E-state index in [0.29, 0.717) is 11.1 Å². The normalized spacial score (nSPS) is 10.4. The summed E-state index contributed by atoms with van der Waals surface area (Å²) in [6.07, 6.45) is 0.740. The first-order chi connectivity index (χ1) is 10.8. The van der Waals surface area contributed by atoms with E-state index in [4.69, 9.17) is 4.74 Å². The molecule has 0 saturated heterocycles. The van der Waals surface area contributed by atoms with Crippen LogP contribution in [0.15, 0.2) is 66.7 Å². The smallest absolute Gasteiger partial charge is 0.338 e. The Kier molecular flexibility index (Phi) is 3.97. The SMILES string of the molecule is O=Cc1ccc(C(=O)OCc2ccc3ccccc3c2)cc1. The standard InChI is InChI=1S/C19H14O3/c20-12-14-5-9-17(10-6-14)19(21)22-13-15-7-8-16-3-1-2-4-18(16)11-15/h1-12H,13H2. The van der Waals surface area contributed by atoms with Crippen LogP contribution in [0, 0.1) is 0 Å². The number of esters is 1. The molecule has 3 rings (SSSR count). The molecule has 0 atom stereocenters. The zero-order chi connectivity index (χ0) is 15.4. The summed E-state index contributed by atoms with van der Waals surface area (Å²) >= 11 is 0. The summed E-state index contributed by atoms with van der Waals surface area (Å²) in [6.45, 7) is 0.221. The first-order valence-corrected chi connectivity index (χ1v) is 6.96. The molecule has 0 N–H and O–H groups in total. The van der Waals surface area contributed by atoms with Gasteiger partial charge in [-0.05, 0) is 34.5 Å². The maximum Gasteiger partial charge on any atom is 0.338 e. The monoisotopic (exact) mass is 290 g/mol. The second kappa shape index (κ2) is 6.22. The number of carbonyl (C=O) groups is 2. The molecule has 0 spiro atoms. The van der Waals surface area contributed by atoms with E-state index in [9.17, 15) is 9.59 Å². The van der Waals surface area contributed by atoms with Crippen molar-refractivity contribution in [2.24, 2.45) is 0 Å². The molecule has 0 radical (unpaired) electrons. The van der Waals surface area contributed by atoms with E-state index in [1.54, 1.807) is 24.3 Å². The highest BCUT2D eigenvalue weighted by Gasteiger charge is 2.07. The summed E-state index contributed by atoms with van der Waals surface area (Å²) in [5.41, 5.74) is 1.91. The van der Waals surface area contributed by atoms with Gasteiger partial charge in [-0.3, -0.25) is 4.79 Å². The van der Waals surface area contributed by atoms with Crippen molar-refractivity contribution in [3.63, 3.8) is 0 Å². The largest absolute Gasteiger partial charge is 0.457 e. The second-order valence-corrected chi connectivity index (χ2v) is 5.00. The Bertz CT molecular complexity index is 819. The van der Waals surface area contributed by atoms with Gasteiger partial charge in [0.15, 0.2) is 0 Å². The fourth-order valence-electron chi connectivity index (χ4n) is 2.26. The summed E-state index contributed by atoms with van der Waals surface area (Å²) in [5, 5.41) is 2.27. The number of benzene rings is 3. The molecule has 0 amide bonds. The summed E-state index contributed by atoms with van der Waals surface area (Å²) in [5.74, 6) is -0.398. The fourth-order valence-corrected chi connectivity index (χ4v) is 2.26. The topological polar surface area (TPSA) is 43.4 Å². The molecule has 0 aliphatic carbocycles. The van der Waals surface area contributed by atoms with Gasteiger partial charge in [0.25, 0.3) is 0 Å². The first kappa shape index (κ1) is 14.0. The highest BCUT2D eigenvalue weighted by Crippen LogP contribution is 2.16. The van der Waals surface area contributed by atoms with Crippen LogP contribution < -0.4 is 0 Å². The number of rotatable bonds is 4. The van der Waals surface area contributed by atoms with Crippen LogP contribution in [0.1, 0.15) is 26.3 Å². The Hall–Kier alpha value is -2.94. The average molecular weight is 290 g/mol. The third-order valence-electron chi connectivity index (χ3n) is 3.47. The van der Waals surface area contributed by atoms with Gasteiger partial charge in [0.2, 0.25) is 0 Å². The van der Waals surface area contributed by atoms with Crippen LogP contribution in [0.2, 0.25) is 0 Å². The van der Waals surface area contributed by atoms with Crippen molar-refractivity contribution in [3.8, 4) is 0 Å². The highest BCUT2D eigenvalue weighted by atomic mass is 16.5. The van der Waals surface area contributed by atoms with Gasteiger partial charge in [-0.15, -0.1) is 0 Å². The predicted molar refractivity (Wildman–Crippen MR) is 84.9 cm³/mol. The van der Waals surface area contributed by atoms with Crippen LogP contribution in [-0.2, 0) is 11.3 Å². The molecule has 3 nitrogen and oxygen atoms in total.